The zero-order valence-corrected chi connectivity index (χ0v) is 15.6. The Morgan fingerprint density at radius 3 is 2.77 bits per heavy atom. The molecule has 0 saturated carbocycles. The number of carbonyl (C=O) groups is 1. The average Bonchev–Trinajstić information content (AvgIpc) is 2.60. The number of aromatic nitrogens is 1. The minimum absolute atomic E-state index is 0.0596. The van der Waals surface area contributed by atoms with Crippen LogP contribution in [-0.4, -0.2) is 42.4 Å². The summed E-state index contributed by atoms with van der Waals surface area (Å²) in [7, 11) is 1.59. The van der Waals surface area contributed by atoms with E-state index < -0.39 is 0 Å². The highest BCUT2D eigenvalue weighted by molar-refractivity contribution is 6.06. The number of pyridine rings is 1. The Labute approximate surface area is 153 Å². The summed E-state index contributed by atoms with van der Waals surface area (Å²) in [6.07, 6.45) is 3.19. The van der Waals surface area contributed by atoms with Crippen molar-refractivity contribution in [3.05, 3.63) is 46.4 Å². The van der Waals surface area contributed by atoms with Crippen molar-refractivity contribution in [2.24, 2.45) is 0 Å². The number of ether oxygens (including phenoxy) is 2. The summed E-state index contributed by atoms with van der Waals surface area (Å²) in [5.74, 6) is -0.157. The van der Waals surface area contributed by atoms with Crippen LogP contribution in [0.5, 0.6) is 0 Å². The van der Waals surface area contributed by atoms with Gasteiger partial charge in [0.2, 0.25) is 0 Å². The van der Waals surface area contributed by atoms with Crippen molar-refractivity contribution in [2.45, 2.75) is 44.9 Å². The van der Waals surface area contributed by atoms with E-state index in [-0.39, 0.29) is 23.1 Å². The molecule has 1 aromatic carbocycles. The topological polar surface area (TPSA) is 69.6 Å². The van der Waals surface area contributed by atoms with Crippen LogP contribution in [0.3, 0.4) is 0 Å². The predicted molar refractivity (Wildman–Crippen MR) is 101 cm³/mol. The highest BCUT2D eigenvalue weighted by Gasteiger charge is 2.30. The number of amides is 1. The first-order valence-corrected chi connectivity index (χ1v) is 8.97. The Bertz CT molecular complexity index is 857. The molecule has 140 valence electrons. The highest BCUT2D eigenvalue weighted by atomic mass is 16.5. The lowest BCUT2D eigenvalue weighted by Crippen LogP contribution is -2.46. The van der Waals surface area contributed by atoms with Gasteiger partial charge in [0.05, 0.1) is 17.8 Å². The summed E-state index contributed by atoms with van der Waals surface area (Å²) in [5, 5.41) is 4.34. The van der Waals surface area contributed by atoms with Crippen LogP contribution in [0, 0.1) is 0 Å². The van der Waals surface area contributed by atoms with Gasteiger partial charge in [0.25, 0.3) is 11.5 Å². The van der Waals surface area contributed by atoms with E-state index in [1.54, 1.807) is 23.9 Å². The zero-order chi connectivity index (χ0) is 18.7. The molecule has 6 heteroatoms. The monoisotopic (exact) mass is 358 g/mol. The molecular weight excluding hydrogens is 332 g/mol. The molecule has 1 saturated heterocycles. The molecule has 1 aliphatic heterocycles. The second-order valence-electron chi connectivity index (χ2n) is 7.35. The van der Waals surface area contributed by atoms with Crippen LogP contribution < -0.4 is 10.9 Å². The molecule has 0 unspecified atom stereocenters. The van der Waals surface area contributed by atoms with Gasteiger partial charge in [0, 0.05) is 43.3 Å². The van der Waals surface area contributed by atoms with E-state index in [0.29, 0.717) is 36.1 Å². The molecule has 6 nitrogen and oxygen atoms in total. The first kappa shape index (κ1) is 18.6. The third kappa shape index (κ3) is 3.97. The molecule has 1 aromatic heterocycles. The van der Waals surface area contributed by atoms with Gasteiger partial charge < -0.3 is 19.4 Å². The number of methoxy groups -OCH3 is 1. The quantitative estimate of drug-likeness (QED) is 0.891. The number of carbonyl (C=O) groups excluding carboxylic acids is 1. The van der Waals surface area contributed by atoms with E-state index in [0.717, 1.165) is 12.8 Å². The average molecular weight is 358 g/mol. The maximum atomic E-state index is 13.0. The molecular formula is C20H26N2O4. The molecule has 26 heavy (non-hydrogen) atoms. The van der Waals surface area contributed by atoms with Gasteiger partial charge in [-0.2, -0.15) is 0 Å². The largest absolute Gasteiger partial charge is 0.383 e. The SMILES string of the molecule is COCCn1cc(C(=O)N[C@H]2CCOC(C)(C)C2)c2ccccc2c1=O. The number of fused-ring (bicyclic) bond motifs is 1. The Kier molecular flexibility index (Phi) is 5.44. The Morgan fingerprint density at radius 1 is 1.35 bits per heavy atom. The molecule has 1 aliphatic rings. The third-order valence-electron chi connectivity index (χ3n) is 4.81. The molecule has 0 aliphatic carbocycles. The fraction of sp³-hybridized carbons (Fsp3) is 0.500. The molecule has 1 amide bonds. The van der Waals surface area contributed by atoms with Gasteiger partial charge in [-0.1, -0.05) is 18.2 Å². The van der Waals surface area contributed by atoms with Gasteiger partial charge in [0.15, 0.2) is 0 Å². The molecule has 2 heterocycles. The van der Waals surface area contributed by atoms with E-state index in [2.05, 4.69) is 5.32 Å². The first-order chi connectivity index (χ1) is 12.4. The summed E-state index contributed by atoms with van der Waals surface area (Å²) in [6.45, 7) is 5.52. The van der Waals surface area contributed by atoms with Crippen molar-refractivity contribution in [1.29, 1.82) is 0 Å². The molecule has 2 aromatic rings. The lowest BCUT2D eigenvalue weighted by Gasteiger charge is -2.35. The van der Waals surface area contributed by atoms with Gasteiger partial charge in [-0.25, -0.2) is 0 Å². The highest BCUT2D eigenvalue weighted by Crippen LogP contribution is 2.24. The fourth-order valence-electron chi connectivity index (χ4n) is 3.50. The maximum Gasteiger partial charge on any atom is 0.258 e. The molecule has 0 radical (unpaired) electrons. The molecule has 1 fully saturated rings. The summed E-state index contributed by atoms with van der Waals surface area (Å²) in [5.41, 5.74) is 0.164. The summed E-state index contributed by atoms with van der Waals surface area (Å²) in [6, 6.07) is 7.29. The van der Waals surface area contributed by atoms with Gasteiger partial charge in [-0.15, -0.1) is 0 Å². The van der Waals surface area contributed by atoms with Crippen LogP contribution in [0.15, 0.2) is 35.3 Å². The third-order valence-corrected chi connectivity index (χ3v) is 4.81. The van der Waals surface area contributed by atoms with E-state index in [1.807, 2.05) is 32.0 Å². The summed E-state index contributed by atoms with van der Waals surface area (Å²) < 4.78 is 12.4. The van der Waals surface area contributed by atoms with Gasteiger partial charge in [-0.3, -0.25) is 9.59 Å². The lowest BCUT2D eigenvalue weighted by atomic mass is 9.93. The number of benzene rings is 1. The van der Waals surface area contributed by atoms with Crippen molar-refractivity contribution < 1.29 is 14.3 Å². The van der Waals surface area contributed by atoms with Crippen LogP contribution >= 0.6 is 0 Å². The fourth-order valence-corrected chi connectivity index (χ4v) is 3.50. The van der Waals surface area contributed by atoms with Crippen LogP contribution in [0.2, 0.25) is 0 Å². The van der Waals surface area contributed by atoms with E-state index in [4.69, 9.17) is 9.47 Å². The Balaban J connectivity index is 1.94. The standard InChI is InChI=1S/C20H26N2O4/c1-20(2)12-14(8-10-26-20)21-18(23)17-13-22(9-11-25-3)19(24)16-7-5-4-6-15(16)17/h4-7,13-14H,8-12H2,1-3H3,(H,21,23)/t14-/m0/s1. The maximum absolute atomic E-state index is 13.0. The Hall–Kier alpha value is -2.18. The van der Waals surface area contributed by atoms with Crippen molar-refractivity contribution in [3.63, 3.8) is 0 Å². The molecule has 3 rings (SSSR count). The number of nitrogens with zero attached hydrogens (tertiary/aromatic N) is 1. The van der Waals surface area contributed by atoms with Crippen molar-refractivity contribution in [1.82, 2.24) is 9.88 Å². The van der Waals surface area contributed by atoms with Crippen molar-refractivity contribution in [3.8, 4) is 0 Å². The minimum atomic E-state index is -0.241. The summed E-state index contributed by atoms with van der Waals surface area (Å²) in [4.78, 5) is 25.6. The predicted octanol–water partition coefficient (Wildman–Crippen LogP) is 2.34. The Morgan fingerprint density at radius 2 is 2.08 bits per heavy atom. The van der Waals surface area contributed by atoms with Crippen LogP contribution in [0.1, 0.15) is 37.0 Å². The second-order valence-corrected chi connectivity index (χ2v) is 7.35. The normalized spacial score (nSPS) is 19.4. The summed E-state index contributed by atoms with van der Waals surface area (Å²) >= 11 is 0. The zero-order valence-electron chi connectivity index (χ0n) is 15.6. The van der Waals surface area contributed by atoms with Crippen LogP contribution in [-0.2, 0) is 16.0 Å². The molecule has 1 N–H and O–H groups in total. The smallest absolute Gasteiger partial charge is 0.258 e. The lowest BCUT2D eigenvalue weighted by molar-refractivity contribution is -0.0615. The van der Waals surface area contributed by atoms with Gasteiger partial charge in [0.1, 0.15) is 0 Å². The van der Waals surface area contributed by atoms with Gasteiger partial charge >= 0.3 is 0 Å². The molecule has 0 bridgehead atoms. The van der Waals surface area contributed by atoms with Crippen LogP contribution in [0.4, 0.5) is 0 Å². The number of nitrogens with one attached hydrogen (secondary N) is 1. The van der Waals surface area contributed by atoms with Crippen molar-refractivity contribution in [2.75, 3.05) is 20.3 Å². The van der Waals surface area contributed by atoms with Gasteiger partial charge in [-0.05, 0) is 32.8 Å². The van der Waals surface area contributed by atoms with E-state index in [1.165, 1.54) is 0 Å². The van der Waals surface area contributed by atoms with Crippen molar-refractivity contribution >= 4 is 16.7 Å². The molecule has 0 spiro atoms. The second kappa shape index (κ2) is 7.60. The minimum Gasteiger partial charge on any atom is -0.383 e. The van der Waals surface area contributed by atoms with E-state index >= 15 is 0 Å². The number of hydrogen-bond acceptors (Lipinski definition) is 4. The molecule has 1 atom stereocenters. The number of hydrogen-bond donors (Lipinski definition) is 1. The van der Waals surface area contributed by atoms with E-state index in [9.17, 15) is 9.59 Å². The number of rotatable bonds is 5. The first-order valence-electron chi connectivity index (χ1n) is 8.97. The van der Waals surface area contributed by atoms with Crippen LogP contribution in [0.25, 0.3) is 10.8 Å².